The molecule has 0 saturated carbocycles. The van der Waals surface area contributed by atoms with Crippen molar-refractivity contribution in [3.63, 3.8) is 0 Å². The summed E-state index contributed by atoms with van der Waals surface area (Å²) in [5, 5.41) is 3.04. The Bertz CT molecular complexity index is 1090. The van der Waals surface area contributed by atoms with E-state index in [2.05, 4.69) is 5.32 Å². The number of amides is 1. The summed E-state index contributed by atoms with van der Waals surface area (Å²) in [6, 6.07) is 3.81. The van der Waals surface area contributed by atoms with Gasteiger partial charge in [0.05, 0.1) is 17.2 Å². The van der Waals surface area contributed by atoms with Crippen molar-refractivity contribution in [2.75, 3.05) is 20.1 Å². The average molecular weight is 537 g/mol. The Morgan fingerprint density at radius 3 is 2.03 bits per heavy atom. The first-order valence-corrected chi connectivity index (χ1v) is 11.7. The molecule has 3 nitrogen and oxygen atoms in total. The second-order valence-corrected chi connectivity index (χ2v) is 9.56. The van der Waals surface area contributed by atoms with Gasteiger partial charge in [0.25, 0.3) is 0 Å². The summed E-state index contributed by atoms with van der Waals surface area (Å²) in [5.74, 6) is -2.17. The van der Waals surface area contributed by atoms with Gasteiger partial charge in [0.1, 0.15) is 11.5 Å². The number of alkyl halides is 7. The first kappa shape index (κ1) is 28.9. The number of nitrogens with zero attached hydrogens (tertiary/aromatic N) is 1. The summed E-state index contributed by atoms with van der Waals surface area (Å²) in [6.45, 7) is 3.62. The lowest BCUT2D eigenvalue weighted by Gasteiger charge is -2.39. The second-order valence-electron chi connectivity index (χ2n) is 9.56. The Morgan fingerprint density at radius 2 is 1.54 bits per heavy atom. The van der Waals surface area contributed by atoms with Crippen LogP contribution in [-0.2, 0) is 17.1 Å². The molecule has 11 heteroatoms. The van der Waals surface area contributed by atoms with Crippen LogP contribution in [0.25, 0.3) is 0 Å². The summed E-state index contributed by atoms with van der Waals surface area (Å²) in [4.78, 5) is 14.3. The van der Waals surface area contributed by atoms with E-state index >= 15 is 4.39 Å². The minimum absolute atomic E-state index is 0.0232. The van der Waals surface area contributed by atoms with Gasteiger partial charge in [0, 0.05) is 19.4 Å². The maximum absolute atomic E-state index is 16.2. The highest BCUT2D eigenvalue weighted by molar-refractivity contribution is 5.77. The van der Waals surface area contributed by atoms with Gasteiger partial charge >= 0.3 is 12.4 Å². The number of halogens is 8. The summed E-state index contributed by atoms with van der Waals surface area (Å²) in [6.07, 6.45) is -10.3. The second kappa shape index (κ2) is 10.6. The Kier molecular flexibility index (Phi) is 8.26. The van der Waals surface area contributed by atoms with E-state index in [-0.39, 0.29) is 24.5 Å². The van der Waals surface area contributed by atoms with Crippen LogP contribution in [0, 0.1) is 12.7 Å². The van der Waals surface area contributed by atoms with Crippen LogP contribution in [0.5, 0.6) is 0 Å². The van der Waals surface area contributed by atoms with Gasteiger partial charge < -0.3 is 10.2 Å². The van der Waals surface area contributed by atoms with Gasteiger partial charge in [-0.15, -0.1) is 0 Å². The Labute approximate surface area is 209 Å². The number of piperidine rings is 1. The maximum Gasteiger partial charge on any atom is 0.416 e. The number of rotatable bonds is 6. The maximum atomic E-state index is 16.2. The van der Waals surface area contributed by atoms with Crippen LogP contribution in [-0.4, -0.2) is 36.6 Å². The molecule has 1 unspecified atom stereocenters. The van der Waals surface area contributed by atoms with Crippen molar-refractivity contribution in [2.24, 2.45) is 0 Å². The van der Waals surface area contributed by atoms with Crippen LogP contribution in [0.4, 0.5) is 35.1 Å². The highest BCUT2D eigenvalue weighted by atomic mass is 19.4. The molecular formula is C26H28F8N2O. The molecule has 1 aliphatic rings. The lowest BCUT2D eigenvalue weighted by Crippen LogP contribution is -2.45. The molecule has 0 radical (unpaired) electrons. The molecular weight excluding hydrogens is 508 g/mol. The van der Waals surface area contributed by atoms with E-state index in [1.54, 1.807) is 6.92 Å². The highest BCUT2D eigenvalue weighted by Crippen LogP contribution is 2.43. The highest BCUT2D eigenvalue weighted by Gasteiger charge is 2.43. The lowest BCUT2D eigenvalue weighted by atomic mass is 9.74. The van der Waals surface area contributed by atoms with Gasteiger partial charge in [-0.05, 0) is 86.8 Å². The van der Waals surface area contributed by atoms with E-state index in [1.165, 1.54) is 26.1 Å². The Morgan fingerprint density at radius 1 is 1.00 bits per heavy atom. The van der Waals surface area contributed by atoms with Gasteiger partial charge in [-0.1, -0.05) is 6.07 Å². The Balaban J connectivity index is 1.95. The Hall–Kier alpha value is -2.69. The molecule has 0 aromatic heterocycles. The van der Waals surface area contributed by atoms with Crippen molar-refractivity contribution in [3.8, 4) is 0 Å². The summed E-state index contributed by atoms with van der Waals surface area (Å²) in [5.41, 5.74) is -4.27. The molecule has 2 aromatic rings. The van der Waals surface area contributed by atoms with Crippen LogP contribution >= 0.6 is 0 Å². The van der Waals surface area contributed by atoms with Gasteiger partial charge in [0.2, 0.25) is 5.91 Å². The summed E-state index contributed by atoms with van der Waals surface area (Å²) in [7, 11) is 1.25. The standard InChI is InChI=1S/C26H28F8N2O/c1-15-10-20(27)4-5-21(15)22(24(28)6-8-35-9-7-24)14-23(37)36(3)16(2)17-11-18(25(29,30)31)13-19(12-17)26(32,33)34/h4-5,10-13,16,22,35H,6-9,14H2,1-3H3/t16-,22?/m1/s1. The fraction of sp³-hybridized carbons (Fsp3) is 0.500. The van der Waals surface area contributed by atoms with Crippen molar-refractivity contribution < 1.29 is 39.9 Å². The number of carbonyl (C=O) groups is 1. The molecule has 0 bridgehead atoms. The molecule has 2 atom stereocenters. The van der Waals surface area contributed by atoms with E-state index in [0.29, 0.717) is 36.3 Å². The molecule has 1 fully saturated rings. The molecule has 1 N–H and O–H groups in total. The fourth-order valence-electron chi connectivity index (χ4n) is 4.77. The molecule has 2 aromatic carbocycles. The van der Waals surface area contributed by atoms with Gasteiger partial charge in [-0.3, -0.25) is 4.79 Å². The van der Waals surface area contributed by atoms with Crippen LogP contribution < -0.4 is 5.32 Å². The molecule has 1 aliphatic heterocycles. The quantitative estimate of drug-likeness (QED) is 0.405. The van der Waals surface area contributed by atoms with Crippen LogP contribution in [0.3, 0.4) is 0 Å². The fourth-order valence-corrected chi connectivity index (χ4v) is 4.77. The topological polar surface area (TPSA) is 32.3 Å². The number of hydrogen-bond donors (Lipinski definition) is 1. The molecule has 204 valence electrons. The monoisotopic (exact) mass is 536 g/mol. The minimum atomic E-state index is -5.03. The van der Waals surface area contributed by atoms with Crippen LogP contribution in [0.2, 0.25) is 0 Å². The SMILES string of the molecule is Cc1cc(F)ccc1C(CC(=O)N(C)[C@H](C)c1cc(C(F)(F)F)cc(C(F)(F)F)c1)C1(F)CCNCC1. The third-order valence-electron chi connectivity index (χ3n) is 7.11. The number of hydrogen-bond acceptors (Lipinski definition) is 2. The van der Waals surface area contributed by atoms with Gasteiger partial charge in [-0.2, -0.15) is 26.3 Å². The molecule has 3 rings (SSSR count). The zero-order valence-corrected chi connectivity index (χ0v) is 20.5. The van der Waals surface area contributed by atoms with Crippen molar-refractivity contribution in [2.45, 2.75) is 63.1 Å². The molecule has 0 spiro atoms. The van der Waals surface area contributed by atoms with E-state index in [0.717, 1.165) is 11.0 Å². The lowest BCUT2D eigenvalue weighted by molar-refractivity contribution is -0.143. The van der Waals surface area contributed by atoms with Gasteiger partial charge in [0.15, 0.2) is 0 Å². The van der Waals surface area contributed by atoms with Crippen molar-refractivity contribution in [3.05, 3.63) is 70.0 Å². The largest absolute Gasteiger partial charge is 0.416 e. The zero-order chi connectivity index (χ0) is 27.8. The number of aryl methyl sites for hydroxylation is 1. The molecule has 1 heterocycles. The van der Waals surface area contributed by atoms with Gasteiger partial charge in [-0.25, -0.2) is 8.78 Å². The van der Waals surface area contributed by atoms with E-state index in [9.17, 15) is 35.5 Å². The van der Waals surface area contributed by atoms with Crippen molar-refractivity contribution in [1.82, 2.24) is 10.2 Å². The smallest absolute Gasteiger partial charge is 0.339 e. The van der Waals surface area contributed by atoms with Crippen molar-refractivity contribution in [1.29, 1.82) is 0 Å². The first-order valence-electron chi connectivity index (χ1n) is 11.7. The third-order valence-corrected chi connectivity index (χ3v) is 7.11. The minimum Gasteiger partial charge on any atom is -0.339 e. The molecule has 37 heavy (non-hydrogen) atoms. The normalized spacial score (nSPS) is 17.8. The number of benzene rings is 2. The number of carbonyl (C=O) groups excluding carboxylic acids is 1. The third kappa shape index (κ3) is 6.61. The van der Waals surface area contributed by atoms with Crippen molar-refractivity contribution >= 4 is 5.91 Å². The van der Waals surface area contributed by atoms with Crippen LogP contribution in [0.15, 0.2) is 36.4 Å². The van der Waals surface area contributed by atoms with E-state index in [1.807, 2.05) is 0 Å². The van der Waals surface area contributed by atoms with E-state index in [4.69, 9.17) is 0 Å². The average Bonchev–Trinajstić information content (AvgIpc) is 2.81. The predicted molar refractivity (Wildman–Crippen MR) is 122 cm³/mol. The summed E-state index contributed by atoms with van der Waals surface area (Å²) < 4.78 is 110. The van der Waals surface area contributed by atoms with E-state index < -0.39 is 59.3 Å². The zero-order valence-electron chi connectivity index (χ0n) is 20.5. The molecule has 1 amide bonds. The number of nitrogens with one attached hydrogen (secondary N) is 1. The van der Waals surface area contributed by atoms with Crippen LogP contribution in [0.1, 0.15) is 66.0 Å². The molecule has 1 saturated heterocycles. The predicted octanol–water partition coefficient (Wildman–Crippen LogP) is 6.96. The summed E-state index contributed by atoms with van der Waals surface area (Å²) >= 11 is 0. The molecule has 0 aliphatic carbocycles. The first-order chi connectivity index (χ1) is 17.0.